The molecule has 1 fully saturated rings. The largest absolute Gasteiger partial charge is 0.466 e. The van der Waals surface area contributed by atoms with Gasteiger partial charge in [0.2, 0.25) is 5.91 Å². The molecule has 0 aromatic carbocycles. The van der Waals surface area contributed by atoms with Gasteiger partial charge in [-0.25, -0.2) is 0 Å². The van der Waals surface area contributed by atoms with Gasteiger partial charge >= 0.3 is 5.97 Å². The number of nitrogens with one attached hydrogen (secondary N) is 2. The third kappa shape index (κ3) is 3.45. The molecule has 0 radical (unpaired) electrons. The average molecular weight is 256 g/mol. The zero-order valence-corrected chi connectivity index (χ0v) is 11.5. The van der Waals surface area contributed by atoms with Crippen LogP contribution in [0.25, 0.3) is 0 Å². The number of esters is 1. The van der Waals surface area contributed by atoms with Crippen molar-refractivity contribution >= 4 is 11.9 Å². The second-order valence-corrected chi connectivity index (χ2v) is 5.05. The third-order valence-electron chi connectivity index (χ3n) is 3.67. The number of amides is 1. The first-order valence-electron chi connectivity index (χ1n) is 6.67. The van der Waals surface area contributed by atoms with E-state index >= 15 is 0 Å². The summed E-state index contributed by atoms with van der Waals surface area (Å²) in [6.45, 7) is 8.24. The number of carbonyl (C=O) groups excluding carboxylic acids is 2. The third-order valence-corrected chi connectivity index (χ3v) is 3.67. The summed E-state index contributed by atoms with van der Waals surface area (Å²) in [5, 5.41) is 6.10. The summed E-state index contributed by atoms with van der Waals surface area (Å²) in [6, 6.07) is 0. The van der Waals surface area contributed by atoms with Crippen molar-refractivity contribution in [3.8, 4) is 0 Å². The molecule has 1 saturated heterocycles. The van der Waals surface area contributed by atoms with E-state index in [-0.39, 0.29) is 29.6 Å². The van der Waals surface area contributed by atoms with Gasteiger partial charge in [0, 0.05) is 13.1 Å². The molecule has 1 aliphatic heterocycles. The normalized spacial score (nSPS) is 23.1. The van der Waals surface area contributed by atoms with Gasteiger partial charge in [0.1, 0.15) is 0 Å². The van der Waals surface area contributed by atoms with E-state index in [1.807, 2.05) is 0 Å². The minimum atomic E-state index is -0.325. The Labute approximate surface area is 109 Å². The Morgan fingerprint density at radius 3 is 2.67 bits per heavy atom. The lowest BCUT2D eigenvalue weighted by molar-refractivity contribution is -0.143. The summed E-state index contributed by atoms with van der Waals surface area (Å²) < 4.78 is 4.82. The molecule has 0 saturated carbocycles. The number of ether oxygens (including phenoxy) is 1. The molecule has 104 valence electrons. The lowest BCUT2D eigenvalue weighted by Gasteiger charge is -2.31. The molecule has 0 aromatic rings. The quantitative estimate of drug-likeness (QED) is 0.686. The van der Waals surface area contributed by atoms with Gasteiger partial charge in [-0.1, -0.05) is 13.8 Å². The van der Waals surface area contributed by atoms with Crippen LogP contribution in [-0.2, 0) is 14.3 Å². The van der Waals surface area contributed by atoms with Gasteiger partial charge in [-0.2, -0.15) is 0 Å². The first kappa shape index (κ1) is 15.0. The Morgan fingerprint density at radius 1 is 1.44 bits per heavy atom. The van der Waals surface area contributed by atoms with Crippen molar-refractivity contribution in [2.75, 3.05) is 26.2 Å². The summed E-state index contributed by atoms with van der Waals surface area (Å²) in [7, 11) is 0. The smallest absolute Gasteiger partial charge is 0.307 e. The topological polar surface area (TPSA) is 67.4 Å². The number of hydrogen-bond acceptors (Lipinski definition) is 4. The first-order chi connectivity index (χ1) is 8.53. The van der Waals surface area contributed by atoms with Crippen molar-refractivity contribution in [2.45, 2.75) is 33.6 Å². The predicted octanol–water partition coefficient (Wildman–Crippen LogP) is 0.691. The van der Waals surface area contributed by atoms with Crippen molar-refractivity contribution < 1.29 is 14.3 Å². The highest BCUT2D eigenvalue weighted by Crippen LogP contribution is 2.34. The van der Waals surface area contributed by atoms with Crippen LogP contribution in [0.3, 0.4) is 0 Å². The molecule has 0 spiro atoms. The van der Waals surface area contributed by atoms with Crippen molar-refractivity contribution in [2.24, 2.45) is 11.3 Å². The molecule has 1 unspecified atom stereocenters. The van der Waals surface area contributed by atoms with E-state index in [1.54, 1.807) is 6.92 Å². The summed E-state index contributed by atoms with van der Waals surface area (Å²) in [6.07, 6.45) is 1.09. The Bertz CT molecular complexity index is 297. The zero-order chi connectivity index (χ0) is 13.6. The first-order valence-corrected chi connectivity index (χ1v) is 6.67. The van der Waals surface area contributed by atoms with Crippen LogP contribution in [-0.4, -0.2) is 38.1 Å². The van der Waals surface area contributed by atoms with E-state index < -0.39 is 0 Å². The van der Waals surface area contributed by atoms with Gasteiger partial charge in [0.25, 0.3) is 0 Å². The van der Waals surface area contributed by atoms with Crippen molar-refractivity contribution in [3.63, 3.8) is 0 Å². The van der Waals surface area contributed by atoms with Crippen LogP contribution < -0.4 is 10.6 Å². The molecular formula is C13H24N2O3. The van der Waals surface area contributed by atoms with Crippen molar-refractivity contribution in [1.82, 2.24) is 10.6 Å². The van der Waals surface area contributed by atoms with E-state index in [2.05, 4.69) is 24.5 Å². The van der Waals surface area contributed by atoms with E-state index in [4.69, 9.17) is 4.74 Å². The van der Waals surface area contributed by atoms with E-state index in [9.17, 15) is 9.59 Å². The van der Waals surface area contributed by atoms with Crippen LogP contribution in [0, 0.1) is 11.3 Å². The Kier molecular flexibility index (Phi) is 5.59. The molecule has 2 N–H and O–H groups in total. The lowest BCUT2D eigenvalue weighted by Crippen LogP contribution is -2.46. The van der Waals surface area contributed by atoms with E-state index in [1.165, 1.54) is 0 Å². The van der Waals surface area contributed by atoms with Crippen LogP contribution in [0.4, 0.5) is 0 Å². The highest BCUT2D eigenvalue weighted by molar-refractivity contribution is 5.84. The second kappa shape index (κ2) is 6.73. The van der Waals surface area contributed by atoms with Gasteiger partial charge in [-0.3, -0.25) is 9.59 Å². The molecule has 5 heteroatoms. The maximum absolute atomic E-state index is 12.2. The fraction of sp³-hybridized carbons (Fsp3) is 0.846. The molecule has 5 nitrogen and oxygen atoms in total. The fourth-order valence-electron chi connectivity index (χ4n) is 2.35. The molecule has 0 aliphatic carbocycles. The van der Waals surface area contributed by atoms with Gasteiger partial charge < -0.3 is 15.4 Å². The molecule has 1 amide bonds. The highest BCUT2D eigenvalue weighted by Gasteiger charge is 2.43. The summed E-state index contributed by atoms with van der Waals surface area (Å²) in [5.41, 5.74) is -0.325. The molecule has 0 bridgehead atoms. The monoisotopic (exact) mass is 256 g/mol. The molecular weight excluding hydrogens is 232 g/mol. The van der Waals surface area contributed by atoms with Gasteiger partial charge in [-0.15, -0.1) is 0 Å². The molecule has 1 atom stereocenters. The Morgan fingerprint density at radius 2 is 2.17 bits per heavy atom. The predicted molar refractivity (Wildman–Crippen MR) is 69.0 cm³/mol. The highest BCUT2D eigenvalue weighted by atomic mass is 16.5. The van der Waals surface area contributed by atoms with Crippen LogP contribution in [0.15, 0.2) is 0 Å². The van der Waals surface area contributed by atoms with E-state index in [0.717, 1.165) is 19.5 Å². The van der Waals surface area contributed by atoms with E-state index in [0.29, 0.717) is 13.2 Å². The van der Waals surface area contributed by atoms with Crippen molar-refractivity contribution in [1.29, 1.82) is 0 Å². The average Bonchev–Trinajstić information content (AvgIpc) is 2.79. The van der Waals surface area contributed by atoms with Crippen LogP contribution in [0.2, 0.25) is 0 Å². The maximum Gasteiger partial charge on any atom is 0.307 e. The molecule has 18 heavy (non-hydrogen) atoms. The fourth-order valence-corrected chi connectivity index (χ4v) is 2.35. The van der Waals surface area contributed by atoms with Gasteiger partial charge in [0.15, 0.2) is 0 Å². The molecule has 1 rings (SSSR count). The Balaban J connectivity index is 2.41. The molecule has 0 aromatic heterocycles. The molecule has 1 heterocycles. The van der Waals surface area contributed by atoms with Crippen LogP contribution >= 0.6 is 0 Å². The number of carbonyl (C=O) groups is 2. The standard InChI is InChI=1S/C13H24N2O3/c1-4-18-11(16)5-7-15-12(17)13(10(2)3)6-8-14-9-13/h10,14H,4-9H2,1-3H3,(H,15,17). The van der Waals surface area contributed by atoms with Gasteiger partial charge in [-0.05, 0) is 25.8 Å². The summed E-state index contributed by atoms with van der Waals surface area (Å²) in [4.78, 5) is 23.4. The second-order valence-electron chi connectivity index (χ2n) is 5.05. The minimum Gasteiger partial charge on any atom is -0.466 e. The molecule has 1 aliphatic rings. The minimum absolute atomic E-state index is 0.0480. The van der Waals surface area contributed by atoms with Crippen molar-refractivity contribution in [3.05, 3.63) is 0 Å². The summed E-state index contributed by atoms with van der Waals surface area (Å²) >= 11 is 0. The lowest BCUT2D eigenvalue weighted by atomic mass is 9.75. The van der Waals surface area contributed by atoms with Gasteiger partial charge in [0.05, 0.1) is 18.4 Å². The maximum atomic E-state index is 12.2. The number of rotatable bonds is 6. The zero-order valence-electron chi connectivity index (χ0n) is 11.5. The number of hydrogen-bond donors (Lipinski definition) is 2. The van der Waals surface area contributed by atoms with Crippen LogP contribution in [0.5, 0.6) is 0 Å². The summed E-state index contributed by atoms with van der Waals surface area (Å²) in [5.74, 6) is 0.0721. The van der Waals surface area contributed by atoms with Crippen LogP contribution in [0.1, 0.15) is 33.6 Å². The Hall–Kier alpha value is -1.10. The SMILES string of the molecule is CCOC(=O)CCNC(=O)C1(C(C)C)CCNC1.